The van der Waals surface area contributed by atoms with Gasteiger partial charge in [-0.3, -0.25) is 0 Å². The van der Waals surface area contributed by atoms with Crippen LogP contribution in [-0.2, 0) is 0 Å². The first-order valence-corrected chi connectivity index (χ1v) is 5.29. The summed E-state index contributed by atoms with van der Waals surface area (Å²) in [5, 5.41) is 0. The highest BCUT2D eigenvalue weighted by Crippen LogP contribution is 2.21. The van der Waals surface area contributed by atoms with E-state index >= 15 is 0 Å². The lowest BCUT2D eigenvalue weighted by atomic mass is 10.3. The predicted molar refractivity (Wildman–Crippen MR) is 55.0 cm³/mol. The highest BCUT2D eigenvalue weighted by atomic mass is 127. The van der Waals surface area contributed by atoms with Crippen LogP contribution in [0.15, 0.2) is 24.3 Å². The van der Waals surface area contributed by atoms with Crippen molar-refractivity contribution in [3.8, 4) is 0 Å². The highest BCUT2D eigenvalue weighted by molar-refractivity contribution is 7.29. The van der Waals surface area contributed by atoms with Crippen LogP contribution in [0, 0.1) is 0 Å². The van der Waals surface area contributed by atoms with E-state index in [0.29, 0.717) is 0 Å². The van der Waals surface area contributed by atoms with Crippen LogP contribution < -0.4 is 24.0 Å². The minimum atomic E-state index is 0. The molecule has 70 valence electrons. The molecule has 0 unspecified atom stereocenters. The van der Waals surface area contributed by atoms with Crippen molar-refractivity contribution in [2.24, 2.45) is 0 Å². The van der Waals surface area contributed by atoms with Crippen molar-refractivity contribution < 1.29 is 24.0 Å². The molecule has 1 aromatic carbocycles. The molecule has 2 heterocycles. The second-order valence-corrected chi connectivity index (χ2v) is 4.31. The van der Waals surface area contributed by atoms with Crippen LogP contribution in [-0.4, -0.2) is 13.7 Å². The number of hydrogen-bond acceptors (Lipinski definition) is 4. The fraction of sp³-hybridized carbons (Fsp3) is 0. The fourth-order valence-electron chi connectivity index (χ4n) is 1.18. The lowest BCUT2D eigenvalue weighted by Crippen LogP contribution is -3.00. The number of para-hydroxylation sites is 2. The summed E-state index contributed by atoms with van der Waals surface area (Å²) in [4.78, 5) is 10.7. The second kappa shape index (κ2) is 3.95. The van der Waals surface area contributed by atoms with Crippen molar-refractivity contribution in [3.63, 3.8) is 0 Å². The minimum Gasteiger partial charge on any atom is -1.00 e. The number of hydrogen-bond donors (Lipinski definition) is 0. The van der Waals surface area contributed by atoms with Crippen LogP contribution in [0.4, 0.5) is 0 Å². The molecular formula is C8H4IN3S2. The van der Waals surface area contributed by atoms with Gasteiger partial charge in [0.25, 0.3) is 0 Å². The van der Waals surface area contributed by atoms with Crippen LogP contribution in [0.1, 0.15) is 0 Å². The maximum Gasteiger partial charge on any atom is 0.307 e. The molecule has 14 heavy (non-hydrogen) atoms. The lowest BCUT2D eigenvalue weighted by molar-refractivity contribution is -0.00000259. The van der Waals surface area contributed by atoms with Crippen LogP contribution in [0.2, 0.25) is 0 Å². The number of benzene rings is 1. The third-order valence-electron chi connectivity index (χ3n) is 1.76. The molecule has 0 N–H and O–H groups in total. The summed E-state index contributed by atoms with van der Waals surface area (Å²) in [6.07, 6.45) is 0. The Bertz CT molecular complexity index is 531. The number of halogens is 1. The molecule has 0 atom stereocenters. The summed E-state index contributed by atoms with van der Waals surface area (Å²) >= 11 is 2.79. The minimum absolute atomic E-state index is 0. The zero-order chi connectivity index (χ0) is 8.67. The Morgan fingerprint density at radius 1 is 1.07 bits per heavy atom. The van der Waals surface area contributed by atoms with Crippen LogP contribution in [0.25, 0.3) is 20.7 Å². The largest absolute Gasteiger partial charge is 1.00 e. The number of fused-ring (bicyclic) bond motifs is 2. The molecule has 0 spiro atoms. The van der Waals surface area contributed by atoms with Gasteiger partial charge in [-0.25, -0.2) is 9.97 Å². The lowest BCUT2D eigenvalue weighted by Gasteiger charge is -1.90. The van der Waals surface area contributed by atoms with E-state index in [2.05, 4.69) is 13.7 Å². The molecule has 0 aliphatic carbocycles. The van der Waals surface area contributed by atoms with Crippen molar-refractivity contribution in [1.29, 1.82) is 0 Å². The van der Waals surface area contributed by atoms with Crippen molar-refractivity contribution >= 4 is 43.8 Å². The first-order valence-electron chi connectivity index (χ1n) is 3.75. The summed E-state index contributed by atoms with van der Waals surface area (Å²) in [5.41, 5.74) is 1.87. The van der Waals surface area contributed by atoms with E-state index in [-0.39, 0.29) is 24.0 Å². The molecule has 0 radical (unpaired) electrons. The van der Waals surface area contributed by atoms with Crippen LogP contribution in [0.5, 0.6) is 0 Å². The van der Waals surface area contributed by atoms with Crippen molar-refractivity contribution in [3.05, 3.63) is 24.3 Å². The molecule has 3 rings (SSSR count). The SMILES string of the molecule is [I-].c1ccc2nc3[s+]nsc3nc2c1. The molecule has 3 aromatic rings. The van der Waals surface area contributed by atoms with Gasteiger partial charge in [-0.15, -0.1) is 0 Å². The molecule has 0 saturated heterocycles. The van der Waals surface area contributed by atoms with Crippen molar-refractivity contribution in [1.82, 2.24) is 13.7 Å². The maximum absolute atomic E-state index is 4.44. The Morgan fingerprint density at radius 3 is 2.57 bits per heavy atom. The fourth-order valence-corrected chi connectivity index (χ4v) is 2.64. The number of aromatic nitrogens is 3. The normalized spacial score (nSPS) is 10.3. The standard InChI is InChI=1S/C8H4N3S2.HI/c1-2-4-6-5(3-1)9-7-8(10-6)13-11-12-7;/h1-4H;1H/q+1;/p-1. The zero-order valence-electron chi connectivity index (χ0n) is 6.85. The number of nitrogens with zero attached hydrogens (tertiary/aromatic N) is 3. The van der Waals surface area contributed by atoms with E-state index in [4.69, 9.17) is 0 Å². The van der Waals surface area contributed by atoms with Crippen LogP contribution in [0.3, 0.4) is 0 Å². The summed E-state index contributed by atoms with van der Waals surface area (Å²) in [6, 6.07) is 7.86. The maximum atomic E-state index is 4.44. The molecule has 2 aromatic heterocycles. The molecule has 3 nitrogen and oxygen atoms in total. The van der Waals surface area contributed by atoms with E-state index in [0.717, 1.165) is 20.7 Å². The van der Waals surface area contributed by atoms with Crippen molar-refractivity contribution in [2.45, 2.75) is 0 Å². The Balaban J connectivity index is 0.000000750. The van der Waals surface area contributed by atoms with Gasteiger partial charge >= 0.3 is 9.66 Å². The highest BCUT2D eigenvalue weighted by Gasteiger charge is 2.12. The smallest absolute Gasteiger partial charge is 0.307 e. The van der Waals surface area contributed by atoms with Gasteiger partial charge in [-0.2, -0.15) is 0 Å². The van der Waals surface area contributed by atoms with Gasteiger partial charge in [0.2, 0.25) is 23.1 Å². The molecule has 0 fully saturated rings. The topological polar surface area (TPSA) is 38.7 Å². The Hall–Kier alpha value is -0.470. The van der Waals surface area contributed by atoms with Gasteiger partial charge in [0.05, 0.1) is 14.8 Å². The van der Waals surface area contributed by atoms with Gasteiger partial charge in [0.1, 0.15) is 0 Å². The predicted octanol–water partition coefficient (Wildman–Crippen LogP) is -0.414. The van der Waals surface area contributed by atoms with E-state index in [1.165, 1.54) is 23.1 Å². The monoisotopic (exact) mass is 333 g/mol. The molecule has 0 aliphatic heterocycles. The van der Waals surface area contributed by atoms with Gasteiger partial charge in [-0.05, 0) is 12.1 Å². The average Bonchev–Trinajstić information content (AvgIpc) is 2.61. The zero-order valence-corrected chi connectivity index (χ0v) is 10.6. The third-order valence-corrected chi connectivity index (χ3v) is 3.40. The summed E-state index contributed by atoms with van der Waals surface area (Å²) in [5.74, 6) is 0. The molecule has 0 aliphatic rings. The summed E-state index contributed by atoms with van der Waals surface area (Å²) < 4.78 is 4.08. The van der Waals surface area contributed by atoms with E-state index in [1.807, 2.05) is 24.3 Å². The van der Waals surface area contributed by atoms with Gasteiger partial charge in [0, 0.05) is 0 Å². The quantitative estimate of drug-likeness (QED) is 0.415. The van der Waals surface area contributed by atoms with E-state index in [1.54, 1.807) is 0 Å². The summed E-state index contributed by atoms with van der Waals surface area (Å²) in [7, 11) is 0. The Kier molecular flexibility index (Phi) is 2.84. The Labute approximate surface area is 105 Å². The molecular weight excluding hydrogens is 329 g/mol. The van der Waals surface area contributed by atoms with Crippen LogP contribution >= 0.6 is 23.1 Å². The average molecular weight is 333 g/mol. The van der Waals surface area contributed by atoms with Gasteiger partial charge < -0.3 is 24.0 Å². The first kappa shape index (κ1) is 10.1. The molecule has 6 heteroatoms. The molecule has 0 saturated carbocycles. The first-order chi connectivity index (χ1) is 6.43. The van der Waals surface area contributed by atoms with Crippen molar-refractivity contribution in [2.75, 3.05) is 0 Å². The van der Waals surface area contributed by atoms with Gasteiger partial charge in [0.15, 0.2) is 0 Å². The Morgan fingerprint density at radius 2 is 1.79 bits per heavy atom. The number of rotatable bonds is 0. The molecule has 0 amide bonds. The molecule has 0 bridgehead atoms. The third kappa shape index (κ3) is 1.57. The summed E-state index contributed by atoms with van der Waals surface area (Å²) in [6.45, 7) is 0. The van der Waals surface area contributed by atoms with E-state index < -0.39 is 0 Å². The van der Waals surface area contributed by atoms with Gasteiger partial charge in [-0.1, -0.05) is 12.1 Å². The van der Waals surface area contributed by atoms with E-state index in [9.17, 15) is 0 Å². The second-order valence-electron chi connectivity index (χ2n) is 2.58.